The molecule has 0 unspecified atom stereocenters. The standard InChI is InChI=1S/C23H20N4O2S/c1-28-21-10-6-5-9-20(21)22-25-26-23(30)27(22)24-15-17-11-13-19(14-12-17)29-16-18-7-3-2-4-8-18/h2-15H,16H2,1H3,(H,26,30)/b24-15-. The SMILES string of the molecule is COc1ccccc1-c1n[nH]c(=S)n1/N=C\c1ccc(OCc2ccccc2)cc1. The minimum atomic E-state index is 0.398. The molecule has 30 heavy (non-hydrogen) atoms. The Balaban J connectivity index is 1.51. The molecule has 0 fully saturated rings. The Bertz CT molecular complexity index is 1200. The van der Waals surface area contributed by atoms with E-state index in [1.165, 1.54) is 0 Å². The summed E-state index contributed by atoms with van der Waals surface area (Å²) in [5.74, 6) is 2.07. The minimum absolute atomic E-state index is 0.398. The molecule has 1 N–H and O–H groups in total. The Morgan fingerprint density at radius 1 is 1.00 bits per heavy atom. The summed E-state index contributed by atoms with van der Waals surface area (Å²) in [5.41, 5.74) is 2.84. The maximum Gasteiger partial charge on any atom is 0.216 e. The van der Waals surface area contributed by atoms with Gasteiger partial charge in [-0.1, -0.05) is 42.5 Å². The highest BCUT2D eigenvalue weighted by molar-refractivity contribution is 7.71. The van der Waals surface area contributed by atoms with Crippen molar-refractivity contribution in [3.8, 4) is 22.9 Å². The molecule has 1 heterocycles. The van der Waals surface area contributed by atoms with Gasteiger partial charge in [-0.25, -0.2) is 5.10 Å². The lowest BCUT2D eigenvalue weighted by Gasteiger charge is -2.07. The van der Waals surface area contributed by atoms with Crippen LogP contribution in [0.5, 0.6) is 11.5 Å². The normalized spacial score (nSPS) is 11.0. The Morgan fingerprint density at radius 3 is 2.50 bits per heavy atom. The fourth-order valence-corrected chi connectivity index (χ4v) is 3.10. The Morgan fingerprint density at radius 2 is 1.73 bits per heavy atom. The van der Waals surface area contributed by atoms with Crippen LogP contribution in [0.4, 0.5) is 0 Å². The Labute approximate surface area is 179 Å². The van der Waals surface area contributed by atoms with Crippen molar-refractivity contribution in [2.45, 2.75) is 6.61 Å². The van der Waals surface area contributed by atoms with E-state index in [1.807, 2.05) is 78.9 Å². The molecule has 0 saturated heterocycles. The second-order valence-electron chi connectivity index (χ2n) is 6.45. The minimum Gasteiger partial charge on any atom is -0.496 e. The first kappa shape index (κ1) is 19.6. The van der Waals surface area contributed by atoms with E-state index < -0.39 is 0 Å². The lowest BCUT2D eigenvalue weighted by atomic mass is 10.2. The van der Waals surface area contributed by atoms with E-state index in [0.717, 1.165) is 22.4 Å². The van der Waals surface area contributed by atoms with Gasteiger partial charge in [-0.3, -0.25) is 0 Å². The third kappa shape index (κ3) is 4.47. The average molecular weight is 417 g/mol. The largest absolute Gasteiger partial charge is 0.496 e. The summed E-state index contributed by atoms with van der Waals surface area (Å²) in [6.07, 6.45) is 1.73. The van der Waals surface area contributed by atoms with Gasteiger partial charge in [0.05, 0.1) is 18.9 Å². The predicted octanol–water partition coefficient (Wildman–Crippen LogP) is 5.08. The molecule has 6 nitrogen and oxygen atoms in total. The maximum absolute atomic E-state index is 5.82. The predicted molar refractivity (Wildman–Crippen MR) is 120 cm³/mol. The summed E-state index contributed by atoms with van der Waals surface area (Å²) in [7, 11) is 1.62. The number of ether oxygens (including phenoxy) is 2. The molecule has 0 amide bonds. The van der Waals surface area contributed by atoms with Gasteiger partial charge in [0.2, 0.25) is 4.77 Å². The van der Waals surface area contributed by atoms with Crippen LogP contribution in [0.3, 0.4) is 0 Å². The van der Waals surface area contributed by atoms with Crippen molar-refractivity contribution in [2.75, 3.05) is 7.11 Å². The molecule has 0 aliphatic rings. The number of nitrogens with zero attached hydrogens (tertiary/aromatic N) is 3. The fraction of sp³-hybridized carbons (Fsp3) is 0.0870. The van der Waals surface area contributed by atoms with Gasteiger partial charge in [0, 0.05) is 0 Å². The second kappa shape index (κ2) is 9.19. The highest BCUT2D eigenvalue weighted by Crippen LogP contribution is 2.28. The molecule has 0 bridgehead atoms. The van der Waals surface area contributed by atoms with Crippen LogP contribution in [0.25, 0.3) is 11.4 Å². The number of aromatic amines is 1. The number of nitrogens with one attached hydrogen (secondary N) is 1. The van der Waals surface area contributed by atoms with Gasteiger partial charge in [0.15, 0.2) is 5.82 Å². The molecular formula is C23H20N4O2S. The van der Waals surface area contributed by atoms with Crippen molar-refractivity contribution in [1.29, 1.82) is 0 Å². The molecule has 150 valence electrons. The van der Waals surface area contributed by atoms with E-state index in [4.69, 9.17) is 21.7 Å². The van der Waals surface area contributed by atoms with Crippen molar-refractivity contribution in [2.24, 2.45) is 5.10 Å². The van der Waals surface area contributed by atoms with Crippen molar-refractivity contribution in [1.82, 2.24) is 14.9 Å². The van der Waals surface area contributed by atoms with Crippen LogP contribution in [0, 0.1) is 4.77 Å². The van der Waals surface area contributed by atoms with Crippen molar-refractivity contribution in [3.63, 3.8) is 0 Å². The van der Waals surface area contributed by atoms with E-state index >= 15 is 0 Å². The number of hydrogen-bond acceptors (Lipinski definition) is 5. The van der Waals surface area contributed by atoms with Crippen molar-refractivity contribution >= 4 is 18.4 Å². The fourth-order valence-electron chi connectivity index (χ4n) is 2.92. The second-order valence-corrected chi connectivity index (χ2v) is 6.84. The molecular weight excluding hydrogens is 396 g/mol. The molecule has 7 heteroatoms. The molecule has 0 aliphatic heterocycles. The van der Waals surface area contributed by atoms with Crippen LogP contribution in [-0.4, -0.2) is 28.2 Å². The third-order valence-electron chi connectivity index (χ3n) is 4.45. The lowest BCUT2D eigenvalue weighted by molar-refractivity contribution is 0.306. The zero-order chi connectivity index (χ0) is 20.8. The van der Waals surface area contributed by atoms with E-state index in [-0.39, 0.29) is 0 Å². The van der Waals surface area contributed by atoms with E-state index in [2.05, 4.69) is 15.3 Å². The lowest BCUT2D eigenvalue weighted by Crippen LogP contribution is -1.97. The Kier molecular flexibility index (Phi) is 6.01. The summed E-state index contributed by atoms with van der Waals surface area (Å²) in [5, 5.41) is 11.6. The summed E-state index contributed by atoms with van der Waals surface area (Å²) >= 11 is 5.34. The van der Waals surface area contributed by atoms with Gasteiger partial charge in [-0.2, -0.15) is 14.9 Å². The molecule has 1 aromatic heterocycles. The van der Waals surface area contributed by atoms with Crippen LogP contribution in [0.2, 0.25) is 0 Å². The van der Waals surface area contributed by atoms with Crippen LogP contribution in [0.1, 0.15) is 11.1 Å². The van der Waals surface area contributed by atoms with Crippen LogP contribution < -0.4 is 9.47 Å². The van der Waals surface area contributed by atoms with Gasteiger partial charge in [-0.05, 0) is 59.7 Å². The summed E-state index contributed by atoms with van der Waals surface area (Å²) in [6, 6.07) is 25.4. The number of rotatable bonds is 7. The number of hydrogen-bond donors (Lipinski definition) is 1. The number of benzene rings is 3. The van der Waals surface area contributed by atoms with E-state index in [0.29, 0.717) is 23.0 Å². The highest BCUT2D eigenvalue weighted by Gasteiger charge is 2.12. The maximum atomic E-state index is 5.82. The van der Waals surface area contributed by atoms with E-state index in [1.54, 1.807) is 18.0 Å². The van der Waals surface area contributed by atoms with Gasteiger partial charge in [-0.15, -0.1) is 0 Å². The highest BCUT2D eigenvalue weighted by atomic mass is 32.1. The molecule has 0 atom stereocenters. The first-order valence-corrected chi connectivity index (χ1v) is 9.77. The quantitative estimate of drug-likeness (QED) is 0.337. The first-order chi connectivity index (χ1) is 14.7. The number of aromatic nitrogens is 3. The number of para-hydroxylation sites is 1. The Hall–Kier alpha value is -3.71. The number of H-pyrrole nitrogens is 1. The molecule has 0 aliphatic carbocycles. The topological polar surface area (TPSA) is 64.4 Å². The summed E-state index contributed by atoms with van der Waals surface area (Å²) < 4.78 is 13.2. The van der Waals surface area contributed by atoms with Crippen LogP contribution in [-0.2, 0) is 6.61 Å². The summed E-state index contributed by atoms with van der Waals surface area (Å²) in [6.45, 7) is 0.528. The van der Waals surface area contributed by atoms with Crippen molar-refractivity contribution in [3.05, 3.63) is 94.8 Å². The smallest absolute Gasteiger partial charge is 0.216 e. The average Bonchev–Trinajstić information content (AvgIpc) is 3.17. The molecule has 4 aromatic rings. The van der Waals surface area contributed by atoms with Crippen molar-refractivity contribution < 1.29 is 9.47 Å². The number of methoxy groups -OCH3 is 1. The monoisotopic (exact) mass is 416 g/mol. The first-order valence-electron chi connectivity index (χ1n) is 9.36. The van der Waals surface area contributed by atoms with Crippen LogP contribution >= 0.6 is 12.2 Å². The zero-order valence-corrected chi connectivity index (χ0v) is 17.2. The molecule has 3 aromatic carbocycles. The third-order valence-corrected chi connectivity index (χ3v) is 4.71. The zero-order valence-electron chi connectivity index (χ0n) is 16.4. The van der Waals surface area contributed by atoms with Gasteiger partial charge in [0.1, 0.15) is 18.1 Å². The summed E-state index contributed by atoms with van der Waals surface area (Å²) in [4.78, 5) is 0. The van der Waals surface area contributed by atoms with E-state index in [9.17, 15) is 0 Å². The molecule has 0 radical (unpaired) electrons. The van der Waals surface area contributed by atoms with Crippen LogP contribution in [0.15, 0.2) is 84.0 Å². The van der Waals surface area contributed by atoms with Gasteiger partial charge in [0.25, 0.3) is 0 Å². The molecule has 4 rings (SSSR count). The van der Waals surface area contributed by atoms with Gasteiger partial charge >= 0.3 is 0 Å². The molecule has 0 spiro atoms. The van der Waals surface area contributed by atoms with Gasteiger partial charge < -0.3 is 9.47 Å². The molecule has 0 saturated carbocycles.